The molecule has 1 aromatic heterocycles. The Kier molecular flexibility index (Phi) is 5.36. The summed E-state index contributed by atoms with van der Waals surface area (Å²) < 4.78 is 29.0. The number of rotatable bonds is 6. The van der Waals surface area contributed by atoms with E-state index in [1.54, 1.807) is 25.6 Å². The fourth-order valence-electron chi connectivity index (χ4n) is 1.90. The predicted octanol–water partition coefficient (Wildman–Crippen LogP) is 1.88. The van der Waals surface area contributed by atoms with Gasteiger partial charge in [0.2, 0.25) is 10.0 Å². The van der Waals surface area contributed by atoms with E-state index in [1.807, 2.05) is 6.92 Å². The first-order valence-electron chi connectivity index (χ1n) is 5.92. The standard InChI is InChI=1S/C11H20BrN3O2S/c1-5-10(6-7-12)14-18(16,17)11-8(2)13-15(4)9(11)3/h10,14H,5-7H2,1-4H3. The molecule has 18 heavy (non-hydrogen) atoms. The minimum Gasteiger partial charge on any atom is -0.271 e. The molecule has 104 valence electrons. The van der Waals surface area contributed by atoms with Gasteiger partial charge in [0.25, 0.3) is 0 Å². The highest BCUT2D eigenvalue weighted by molar-refractivity contribution is 9.09. The summed E-state index contributed by atoms with van der Waals surface area (Å²) >= 11 is 3.34. The van der Waals surface area contributed by atoms with Crippen LogP contribution in [0, 0.1) is 13.8 Å². The number of hydrogen-bond donors (Lipinski definition) is 1. The van der Waals surface area contributed by atoms with Crippen LogP contribution in [0.15, 0.2) is 4.90 Å². The van der Waals surface area contributed by atoms with Gasteiger partial charge < -0.3 is 0 Å². The normalized spacial score (nSPS) is 13.8. The molecule has 7 heteroatoms. The number of aromatic nitrogens is 2. The van der Waals surface area contributed by atoms with Crippen molar-refractivity contribution in [1.82, 2.24) is 14.5 Å². The van der Waals surface area contributed by atoms with Gasteiger partial charge in [0, 0.05) is 18.4 Å². The topological polar surface area (TPSA) is 64.0 Å². The second-order valence-corrected chi connectivity index (χ2v) is 6.77. The van der Waals surface area contributed by atoms with Gasteiger partial charge in [0.1, 0.15) is 4.90 Å². The van der Waals surface area contributed by atoms with Crippen LogP contribution in [0.3, 0.4) is 0 Å². The van der Waals surface area contributed by atoms with E-state index >= 15 is 0 Å². The first kappa shape index (κ1) is 15.7. The van der Waals surface area contributed by atoms with Crippen molar-refractivity contribution in [1.29, 1.82) is 0 Å². The summed E-state index contributed by atoms with van der Waals surface area (Å²) in [6.07, 6.45) is 1.54. The molecule has 0 saturated heterocycles. The Morgan fingerprint density at radius 1 is 1.44 bits per heavy atom. The Hall–Kier alpha value is -0.400. The Morgan fingerprint density at radius 2 is 2.06 bits per heavy atom. The van der Waals surface area contributed by atoms with Crippen LogP contribution >= 0.6 is 15.9 Å². The van der Waals surface area contributed by atoms with E-state index in [-0.39, 0.29) is 6.04 Å². The molecule has 0 aromatic carbocycles. The maximum atomic E-state index is 12.4. The van der Waals surface area contributed by atoms with Crippen LogP contribution in [0.25, 0.3) is 0 Å². The summed E-state index contributed by atoms with van der Waals surface area (Å²) in [5.74, 6) is 0. The molecule has 0 saturated carbocycles. The highest BCUT2D eigenvalue weighted by atomic mass is 79.9. The first-order chi connectivity index (χ1) is 8.33. The van der Waals surface area contributed by atoms with Crippen LogP contribution in [-0.4, -0.2) is 29.6 Å². The van der Waals surface area contributed by atoms with Gasteiger partial charge in [0.05, 0.1) is 11.4 Å². The molecule has 0 spiro atoms. The van der Waals surface area contributed by atoms with Crippen LogP contribution in [-0.2, 0) is 17.1 Å². The predicted molar refractivity (Wildman–Crippen MR) is 75.5 cm³/mol. The van der Waals surface area contributed by atoms with Crippen molar-refractivity contribution in [3.8, 4) is 0 Å². The summed E-state index contributed by atoms with van der Waals surface area (Å²) in [4.78, 5) is 0.304. The van der Waals surface area contributed by atoms with Crippen molar-refractivity contribution in [3.63, 3.8) is 0 Å². The lowest BCUT2D eigenvalue weighted by Gasteiger charge is -2.16. The van der Waals surface area contributed by atoms with Gasteiger partial charge in [0.15, 0.2) is 0 Å². The maximum Gasteiger partial charge on any atom is 0.244 e. The summed E-state index contributed by atoms with van der Waals surface area (Å²) in [5, 5.41) is 4.92. The molecule has 1 rings (SSSR count). The number of nitrogens with one attached hydrogen (secondary N) is 1. The average Bonchev–Trinajstić information content (AvgIpc) is 2.52. The molecule has 0 aliphatic carbocycles. The third-order valence-corrected chi connectivity index (χ3v) is 5.21. The molecule has 0 radical (unpaired) electrons. The van der Waals surface area contributed by atoms with Crippen molar-refractivity contribution in [2.45, 2.75) is 44.6 Å². The SMILES string of the molecule is CCC(CCBr)NS(=O)(=O)c1c(C)nn(C)c1C. The summed E-state index contributed by atoms with van der Waals surface area (Å²) in [7, 11) is -1.74. The Bertz CT molecular complexity index is 511. The molecule has 1 aromatic rings. The number of hydrogen-bond acceptors (Lipinski definition) is 3. The van der Waals surface area contributed by atoms with Crippen molar-refractivity contribution >= 4 is 26.0 Å². The zero-order valence-electron chi connectivity index (χ0n) is 11.2. The molecule has 0 aliphatic rings. The lowest BCUT2D eigenvalue weighted by atomic mass is 10.2. The van der Waals surface area contributed by atoms with Gasteiger partial charge in [-0.15, -0.1) is 0 Å². The molecule has 1 heterocycles. The van der Waals surface area contributed by atoms with Crippen LogP contribution in [0.2, 0.25) is 0 Å². The van der Waals surface area contributed by atoms with E-state index < -0.39 is 10.0 Å². The van der Waals surface area contributed by atoms with Gasteiger partial charge in [-0.2, -0.15) is 5.10 Å². The average molecular weight is 338 g/mol. The molecule has 0 amide bonds. The molecule has 0 bridgehead atoms. The third kappa shape index (κ3) is 3.33. The fraction of sp³-hybridized carbons (Fsp3) is 0.727. The summed E-state index contributed by atoms with van der Waals surface area (Å²) in [6.45, 7) is 5.45. The number of nitrogens with zero attached hydrogens (tertiary/aromatic N) is 2. The van der Waals surface area contributed by atoms with Gasteiger partial charge in [-0.25, -0.2) is 13.1 Å². The van der Waals surface area contributed by atoms with Gasteiger partial charge in [-0.3, -0.25) is 4.68 Å². The number of alkyl halides is 1. The summed E-state index contributed by atoms with van der Waals surface area (Å²) in [5.41, 5.74) is 1.20. The Labute approximate surface area is 117 Å². The van der Waals surface area contributed by atoms with Crippen molar-refractivity contribution in [2.75, 3.05) is 5.33 Å². The van der Waals surface area contributed by atoms with E-state index in [2.05, 4.69) is 25.8 Å². The van der Waals surface area contributed by atoms with Crippen molar-refractivity contribution in [2.24, 2.45) is 7.05 Å². The Balaban J connectivity index is 3.06. The van der Waals surface area contributed by atoms with Crippen LogP contribution < -0.4 is 4.72 Å². The third-order valence-electron chi connectivity index (χ3n) is 2.98. The zero-order valence-corrected chi connectivity index (χ0v) is 13.6. The number of aryl methyl sites for hydroxylation is 2. The van der Waals surface area contributed by atoms with Crippen LogP contribution in [0.1, 0.15) is 31.2 Å². The fourth-order valence-corrected chi connectivity index (χ4v) is 4.24. The second kappa shape index (κ2) is 6.16. The molecule has 0 fully saturated rings. The summed E-state index contributed by atoms with van der Waals surface area (Å²) in [6, 6.07) is -0.0478. The van der Waals surface area contributed by atoms with E-state index in [0.717, 1.165) is 18.2 Å². The quantitative estimate of drug-likeness (QED) is 0.806. The van der Waals surface area contributed by atoms with E-state index in [0.29, 0.717) is 16.3 Å². The maximum absolute atomic E-state index is 12.4. The minimum atomic E-state index is -3.49. The molecular formula is C11H20BrN3O2S. The minimum absolute atomic E-state index is 0.0478. The molecule has 1 atom stereocenters. The largest absolute Gasteiger partial charge is 0.271 e. The number of sulfonamides is 1. The van der Waals surface area contributed by atoms with Crippen molar-refractivity contribution in [3.05, 3.63) is 11.4 Å². The Morgan fingerprint density at radius 3 is 2.44 bits per heavy atom. The first-order valence-corrected chi connectivity index (χ1v) is 8.52. The van der Waals surface area contributed by atoms with E-state index in [4.69, 9.17) is 0 Å². The van der Waals surface area contributed by atoms with E-state index in [9.17, 15) is 8.42 Å². The van der Waals surface area contributed by atoms with Gasteiger partial charge >= 0.3 is 0 Å². The lowest BCUT2D eigenvalue weighted by molar-refractivity contribution is 0.532. The van der Waals surface area contributed by atoms with Crippen LogP contribution in [0.4, 0.5) is 0 Å². The molecular weight excluding hydrogens is 318 g/mol. The van der Waals surface area contributed by atoms with E-state index in [1.165, 1.54) is 0 Å². The highest BCUT2D eigenvalue weighted by Gasteiger charge is 2.25. The molecule has 1 N–H and O–H groups in total. The van der Waals surface area contributed by atoms with Crippen LogP contribution in [0.5, 0.6) is 0 Å². The highest BCUT2D eigenvalue weighted by Crippen LogP contribution is 2.19. The molecule has 1 unspecified atom stereocenters. The smallest absolute Gasteiger partial charge is 0.244 e. The lowest BCUT2D eigenvalue weighted by Crippen LogP contribution is -2.35. The van der Waals surface area contributed by atoms with Crippen molar-refractivity contribution < 1.29 is 8.42 Å². The monoisotopic (exact) mass is 337 g/mol. The molecule has 5 nitrogen and oxygen atoms in total. The van der Waals surface area contributed by atoms with Gasteiger partial charge in [-0.05, 0) is 26.7 Å². The molecule has 0 aliphatic heterocycles. The van der Waals surface area contributed by atoms with Gasteiger partial charge in [-0.1, -0.05) is 22.9 Å². The second-order valence-electron chi connectivity index (χ2n) is 4.33. The number of halogens is 1. The zero-order chi connectivity index (χ0) is 13.9.